The van der Waals surface area contributed by atoms with Gasteiger partial charge in [-0.25, -0.2) is 0 Å². The Bertz CT molecular complexity index is 541. The number of nitrogens with one attached hydrogen (secondary N) is 1. The number of hydrogen-bond donors (Lipinski definition) is 1. The van der Waals surface area contributed by atoms with Crippen LogP contribution in [-0.4, -0.2) is 16.8 Å². The molecule has 1 N–H and O–H groups in total. The second-order valence-electron chi connectivity index (χ2n) is 4.58. The highest BCUT2D eigenvalue weighted by atomic mass is 35.5. The Morgan fingerprint density at radius 1 is 1.33 bits per heavy atom. The number of aryl methyl sites for hydroxylation is 3. The summed E-state index contributed by atoms with van der Waals surface area (Å²) in [5.41, 5.74) is 4.72. The first-order chi connectivity index (χ1) is 8.54. The number of hydrogen-bond acceptors (Lipinski definition) is 2. The van der Waals surface area contributed by atoms with Gasteiger partial charge in [0, 0.05) is 7.05 Å². The van der Waals surface area contributed by atoms with Crippen LogP contribution < -0.4 is 5.32 Å². The zero-order valence-electron chi connectivity index (χ0n) is 11.2. The van der Waals surface area contributed by atoms with Gasteiger partial charge in [0.25, 0.3) is 0 Å². The molecule has 1 aromatic heterocycles. The van der Waals surface area contributed by atoms with Crippen LogP contribution >= 0.6 is 11.6 Å². The van der Waals surface area contributed by atoms with E-state index in [2.05, 4.69) is 42.5 Å². The smallest absolute Gasteiger partial charge is 0.0837 e. The number of rotatable bonds is 3. The van der Waals surface area contributed by atoms with E-state index < -0.39 is 0 Å². The fraction of sp³-hybridized carbons (Fsp3) is 0.357. The molecular formula is C14H18ClN3. The molecule has 1 atom stereocenters. The molecule has 2 aromatic rings. The molecular weight excluding hydrogens is 246 g/mol. The summed E-state index contributed by atoms with van der Waals surface area (Å²) in [5, 5.41) is 8.22. The van der Waals surface area contributed by atoms with Crippen molar-refractivity contribution >= 4 is 11.6 Å². The molecule has 0 spiro atoms. The minimum atomic E-state index is 0.0601. The third kappa shape index (κ3) is 2.28. The fourth-order valence-corrected chi connectivity index (χ4v) is 2.53. The van der Waals surface area contributed by atoms with E-state index in [9.17, 15) is 0 Å². The highest BCUT2D eigenvalue weighted by molar-refractivity contribution is 6.31. The molecule has 0 radical (unpaired) electrons. The van der Waals surface area contributed by atoms with Crippen LogP contribution in [0.5, 0.6) is 0 Å². The van der Waals surface area contributed by atoms with Gasteiger partial charge in [0.15, 0.2) is 0 Å². The maximum atomic E-state index is 6.24. The molecule has 1 unspecified atom stereocenters. The van der Waals surface area contributed by atoms with Gasteiger partial charge in [-0.2, -0.15) is 5.10 Å². The molecule has 0 amide bonds. The normalized spacial score (nSPS) is 12.7. The van der Waals surface area contributed by atoms with Gasteiger partial charge in [-0.05, 0) is 32.0 Å². The molecule has 0 bridgehead atoms. The zero-order chi connectivity index (χ0) is 13.3. The van der Waals surface area contributed by atoms with Gasteiger partial charge in [0.05, 0.1) is 23.0 Å². The predicted octanol–water partition coefficient (Wildman–Crippen LogP) is 3.00. The second-order valence-corrected chi connectivity index (χ2v) is 4.99. The van der Waals surface area contributed by atoms with Crippen LogP contribution in [0.1, 0.15) is 28.4 Å². The van der Waals surface area contributed by atoms with Gasteiger partial charge < -0.3 is 5.32 Å². The predicted molar refractivity (Wildman–Crippen MR) is 75.0 cm³/mol. The van der Waals surface area contributed by atoms with Crippen LogP contribution in [-0.2, 0) is 7.05 Å². The quantitative estimate of drug-likeness (QED) is 0.923. The van der Waals surface area contributed by atoms with E-state index in [1.54, 1.807) is 6.20 Å². The van der Waals surface area contributed by atoms with Crippen molar-refractivity contribution in [1.29, 1.82) is 0 Å². The molecule has 3 nitrogen and oxygen atoms in total. The molecule has 0 saturated carbocycles. The van der Waals surface area contributed by atoms with E-state index in [1.165, 1.54) is 16.7 Å². The topological polar surface area (TPSA) is 29.9 Å². The molecule has 1 aromatic carbocycles. The Morgan fingerprint density at radius 3 is 2.61 bits per heavy atom. The van der Waals surface area contributed by atoms with E-state index in [4.69, 9.17) is 11.6 Å². The van der Waals surface area contributed by atoms with Crippen molar-refractivity contribution in [2.45, 2.75) is 19.9 Å². The van der Waals surface area contributed by atoms with Crippen molar-refractivity contribution in [3.8, 4) is 0 Å². The van der Waals surface area contributed by atoms with Crippen LogP contribution in [0.25, 0.3) is 0 Å². The van der Waals surface area contributed by atoms with Crippen LogP contribution in [0.15, 0.2) is 24.4 Å². The monoisotopic (exact) mass is 263 g/mol. The summed E-state index contributed by atoms with van der Waals surface area (Å²) in [4.78, 5) is 0. The lowest BCUT2D eigenvalue weighted by molar-refractivity contribution is 0.604. The Labute approximate surface area is 113 Å². The summed E-state index contributed by atoms with van der Waals surface area (Å²) in [6.45, 7) is 4.21. The first-order valence-corrected chi connectivity index (χ1v) is 6.34. The van der Waals surface area contributed by atoms with E-state index in [1.807, 2.05) is 18.8 Å². The van der Waals surface area contributed by atoms with Crippen LogP contribution in [0.2, 0.25) is 5.02 Å². The summed E-state index contributed by atoms with van der Waals surface area (Å²) in [6, 6.07) is 6.51. The standard InChI is InChI=1S/C14H18ClN3/c1-9-5-6-10(2)11(7-9)13(16-3)14-12(15)8-17-18(14)4/h5-8,13,16H,1-4H3. The van der Waals surface area contributed by atoms with Crippen LogP contribution in [0.4, 0.5) is 0 Å². The Hall–Kier alpha value is -1.32. The largest absolute Gasteiger partial charge is 0.308 e. The summed E-state index contributed by atoms with van der Waals surface area (Å²) < 4.78 is 1.82. The van der Waals surface area contributed by atoms with Crippen molar-refractivity contribution in [1.82, 2.24) is 15.1 Å². The van der Waals surface area contributed by atoms with Crippen LogP contribution in [0, 0.1) is 13.8 Å². The van der Waals surface area contributed by atoms with Gasteiger partial charge in [0.2, 0.25) is 0 Å². The minimum absolute atomic E-state index is 0.0601. The number of aromatic nitrogens is 2. The third-order valence-corrected chi connectivity index (χ3v) is 3.54. The average molecular weight is 264 g/mol. The molecule has 0 aliphatic heterocycles. The zero-order valence-corrected chi connectivity index (χ0v) is 11.9. The molecule has 0 saturated heterocycles. The number of halogens is 1. The Kier molecular flexibility index (Phi) is 3.73. The lowest BCUT2D eigenvalue weighted by atomic mass is 9.97. The number of benzene rings is 1. The maximum absolute atomic E-state index is 6.24. The molecule has 2 rings (SSSR count). The van der Waals surface area contributed by atoms with Gasteiger partial charge >= 0.3 is 0 Å². The third-order valence-electron chi connectivity index (χ3n) is 3.25. The maximum Gasteiger partial charge on any atom is 0.0837 e. The van der Waals surface area contributed by atoms with Crippen molar-refractivity contribution < 1.29 is 0 Å². The van der Waals surface area contributed by atoms with Crippen molar-refractivity contribution in [3.05, 3.63) is 51.8 Å². The Balaban J connectivity index is 2.55. The highest BCUT2D eigenvalue weighted by Gasteiger charge is 2.20. The number of nitrogens with zero attached hydrogens (tertiary/aromatic N) is 2. The summed E-state index contributed by atoms with van der Waals surface area (Å²) in [7, 11) is 3.85. The van der Waals surface area contributed by atoms with E-state index in [0.717, 1.165) is 5.69 Å². The Morgan fingerprint density at radius 2 is 2.06 bits per heavy atom. The molecule has 0 aliphatic rings. The highest BCUT2D eigenvalue weighted by Crippen LogP contribution is 2.29. The average Bonchev–Trinajstić information content (AvgIpc) is 2.66. The van der Waals surface area contributed by atoms with Crippen LogP contribution in [0.3, 0.4) is 0 Å². The molecule has 18 heavy (non-hydrogen) atoms. The lowest BCUT2D eigenvalue weighted by Gasteiger charge is -2.20. The molecule has 0 fully saturated rings. The molecule has 96 valence electrons. The summed E-state index contributed by atoms with van der Waals surface area (Å²) >= 11 is 6.24. The molecule has 0 aliphatic carbocycles. The second kappa shape index (κ2) is 5.12. The van der Waals surface area contributed by atoms with Gasteiger partial charge in [0.1, 0.15) is 0 Å². The first-order valence-electron chi connectivity index (χ1n) is 5.96. The van der Waals surface area contributed by atoms with E-state index in [-0.39, 0.29) is 6.04 Å². The van der Waals surface area contributed by atoms with E-state index in [0.29, 0.717) is 5.02 Å². The van der Waals surface area contributed by atoms with Crippen molar-refractivity contribution in [3.63, 3.8) is 0 Å². The molecule has 1 heterocycles. The molecule has 4 heteroatoms. The summed E-state index contributed by atoms with van der Waals surface area (Å²) in [6.07, 6.45) is 1.69. The van der Waals surface area contributed by atoms with Gasteiger partial charge in [-0.15, -0.1) is 0 Å². The van der Waals surface area contributed by atoms with Gasteiger partial charge in [-0.1, -0.05) is 35.4 Å². The summed E-state index contributed by atoms with van der Waals surface area (Å²) in [5.74, 6) is 0. The lowest BCUT2D eigenvalue weighted by Crippen LogP contribution is -2.22. The van der Waals surface area contributed by atoms with Crippen molar-refractivity contribution in [2.24, 2.45) is 7.05 Å². The van der Waals surface area contributed by atoms with E-state index >= 15 is 0 Å². The first kappa shape index (κ1) is 13.1. The SMILES string of the molecule is CNC(c1cc(C)ccc1C)c1c(Cl)cnn1C. The minimum Gasteiger partial charge on any atom is -0.308 e. The fourth-order valence-electron chi connectivity index (χ4n) is 2.26. The van der Waals surface area contributed by atoms with Gasteiger partial charge in [-0.3, -0.25) is 4.68 Å². The van der Waals surface area contributed by atoms with Crippen molar-refractivity contribution in [2.75, 3.05) is 7.05 Å².